The fraction of sp³-hybridized carbons (Fsp3) is 0.562. The van der Waals surface area contributed by atoms with Crippen molar-refractivity contribution in [3.05, 3.63) is 27.6 Å². The van der Waals surface area contributed by atoms with Gasteiger partial charge in [-0.05, 0) is 18.9 Å². The molecule has 0 saturated carbocycles. The Morgan fingerprint density at radius 1 is 1.48 bits per heavy atom. The van der Waals surface area contributed by atoms with E-state index < -0.39 is 0 Å². The van der Waals surface area contributed by atoms with E-state index in [0.717, 1.165) is 22.5 Å². The van der Waals surface area contributed by atoms with Crippen LogP contribution in [0.3, 0.4) is 0 Å². The number of nitrogens with zero attached hydrogens (tertiary/aromatic N) is 3. The van der Waals surface area contributed by atoms with E-state index in [1.807, 2.05) is 13.0 Å². The number of aryl methyl sites for hydroxylation is 1. The summed E-state index contributed by atoms with van der Waals surface area (Å²) in [5.74, 6) is -0.0547. The summed E-state index contributed by atoms with van der Waals surface area (Å²) < 4.78 is 6.99. The molecular formula is C16H21N3O3S. The first-order valence-electron chi connectivity index (χ1n) is 7.99. The van der Waals surface area contributed by atoms with Gasteiger partial charge in [0.25, 0.3) is 5.56 Å². The first kappa shape index (κ1) is 16.1. The largest absolute Gasteiger partial charge is 0.375 e. The molecule has 1 atom stereocenters. The molecule has 1 aliphatic heterocycles. The zero-order valence-corrected chi connectivity index (χ0v) is 14.3. The van der Waals surface area contributed by atoms with Crippen LogP contribution in [0, 0.1) is 0 Å². The molecule has 0 unspecified atom stereocenters. The second-order valence-electron chi connectivity index (χ2n) is 5.70. The zero-order chi connectivity index (χ0) is 16.4. The van der Waals surface area contributed by atoms with Gasteiger partial charge in [0, 0.05) is 18.0 Å². The third-order valence-electron chi connectivity index (χ3n) is 4.17. The molecule has 0 aromatic carbocycles. The van der Waals surface area contributed by atoms with Crippen LogP contribution < -0.4 is 5.56 Å². The molecule has 6 nitrogen and oxygen atoms in total. The quantitative estimate of drug-likeness (QED) is 0.852. The number of hydrogen-bond acceptors (Lipinski definition) is 5. The molecule has 1 saturated heterocycles. The summed E-state index contributed by atoms with van der Waals surface area (Å²) in [6, 6.07) is 1.89. The maximum atomic E-state index is 12.5. The zero-order valence-electron chi connectivity index (χ0n) is 13.4. The van der Waals surface area contributed by atoms with Crippen LogP contribution in [-0.4, -0.2) is 46.2 Å². The van der Waals surface area contributed by atoms with Gasteiger partial charge in [-0.2, -0.15) is 0 Å². The Morgan fingerprint density at radius 3 is 3.04 bits per heavy atom. The van der Waals surface area contributed by atoms with Crippen molar-refractivity contribution in [3.63, 3.8) is 0 Å². The molecule has 124 valence electrons. The van der Waals surface area contributed by atoms with Crippen LogP contribution in [0.2, 0.25) is 0 Å². The lowest BCUT2D eigenvalue weighted by atomic mass is 10.2. The van der Waals surface area contributed by atoms with Crippen LogP contribution in [-0.2, 0) is 22.5 Å². The molecule has 0 spiro atoms. The summed E-state index contributed by atoms with van der Waals surface area (Å²) in [6.07, 6.45) is 3.34. The SMILES string of the molecule is CCc1cc2c(=O)n(CC(=O)N3CCO[C@@H](CC)C3)cnc2s1. The van der Waals surface area contributed by atoms with E-state index in [1.165, 1.54) is 22.2 Å². The summed E-state index contributed by atoms with van der Waals surface area (Å²) in [4.78, 5) is 33.0. The number of carbonyl (C=O) groups excluding carboxylic acids is 1. The molecule has 2 aromatic rings. The molecule has 0 aliphatic carbocycles. The number of ether oxygens (including phenoxy) is 1. The maximum Gasteiger partial charge on any atom is 0.262 e. The van der Waals surface area contributed by atoms with Gasteiger partial charge in [-0.3, -0.25) is 14.2 Å². The highest BCUT2D eigenvalue weighted by atomic mass is 32.1. The second-order valence-corrected chi connectivity index (χ2v) is 6.82. The number of rotatable bonds is 4. The molecule has 1 aliphatic rings. The highest BCUT2D eigenvalue weighted by Gasteiger charge is 2.23. The highest BCUT2D eigenvalue weighted by Crippen LogP contribution is 2.21. The fourth-order valence-electron chi connectivity index (χ4n) is 2.74. The van der Waals surface area contributed by atoms with E-state index in [1.54, 1.807) is 4.90 Å². The van der Waals surface area contributed by atoms with Gasteiger partial charge in [-0.1, -0.05) is 13.8 Å². The predicted octanol–water partition coefficient (Wildman–Crippen LogP) is 1.66. The third-order valence-corrected chi connectivity index (χ3v) is 5.36. The fourth-order valence-corrected chi connectivity index (χ4v) is 3.66. The van der Waals surface area contributed by atoms with Crippen LogP contribution in [0.25, 0.3) is 10.2 Å². The highest BCUT2D eigenvalue weighted by molar-refractivity contribution is 7.18. The predicted molar refractivity (Wildman–Crippen MR) is 89.9 cm³/mol. The Labute approximate surface area is 138 Å². The van der Waals surface area contributed by atoms with Gasteiger partial charge in [0.1, 0.15) is 11.4 Å². The molecule has 7 heteroatoms. The van der Waals surface area contributed by atoms with Crippen molar-refractivity contribution in [2.24, 2.45) is 0 Å². The Balaban J connectivity index is 1.79. The minimum absolute atomic E-state index is 0.0372. The number of hydrogen-bond donors (Lipinski definition) is 0. The minimum Gasteiger partial charge on any atom is -0.375 e. The molecule has 1 fully saturated rings. The van der Waals surface area contributed by atoms with Crippen molar-refractivity contribution in [1.29, 1.82) is 0 Å². The second kappa shape index (κ2) is 6.80. The summed E-state index contributed by atoms with van der Waals surface area (Å²) in [7, 11) is 0. The summed E-state index contributed by atoms with van der Waals surface area (Å²) >= 11 is 1.53. The summed E-state index contributed by atoms with van der Waals surface area (Å²) in [5.41, 5.74) is -0.139. The molecule has 0 radical (unpaired) electrons. The van der Waals surface area contributed by atoms with Gasteiger partial charge < -0.3 is 9.64 Å². The molecule has 1 amide bonds. The normalized spacial score (nSPS) is 18.5. The Hall–Kier alpha value is -1.73. The lowest BCUT2D eigenvalue weighted by Crippen LogP contribution is -2.47. The minimum atomic E-state index is -0.139. The Kier molecular flexibility index (Phi) is 4.77. The summed E-state index contributed by atoms with van der Waals surface area (Å²) in [6.45, 7) is 5.87. The van der Waals surface area contributed by atoms with Gasteiger partial charge in [0.05, 0.1) is 24.4 Å². The lowest BCUT2D eigenvalue weighted by Gasteiger charge is -2.32. The number of fused-ring (bicyclic) bond motifs is 1. The lowest BCUT2D eigenvalue weighted by molar-refractivity contribution is -0.139. The number of morpholine rings is 1. The summed E-state index contributed by atoms with van der Waals surface area (Å²) in [5, 5.41) is 0.607. The van der Waals surface area contributed by atoms with Crippen molar-refractivity contribution in [3.8, 4) is 0 Å². The van der Waals surface area contributed by atoms with E-state index in [4.69, 9.17) is 4.74 Å². The topological polar surface area (TPSA) is 64.4 Å². The van der Waals surface area contributed by atoms with Crippen LogP contribution in [0.15, 0.2) is 17.2 Å². The molecular weight excluding hydrogens is 314 g/mol. The molecule has 3 heterocycles. The number of carbonyl (C=O) groups is 1. The van der Waals surface area contributed by atoms with Gasteiger partial charge in [0.2, 0.25) is 5.91 Å². The van der Waals surface area contributed by atoms with Crippen molar-refractivity contribution in [1.82, 2.24) is 14.5 Å². The van der Waals surface area contributed by atoms with Crippen LogP contribution in [0.1, 0.15) is 25.1 Å². The molecule has 2 aromatic heterocycles. The van der Waals surface area contributed by atoms with E-state index in [0.29, 0.717) is 25.1 Å². The third kappa shape index (κ3) is 3.30. The number of amides is 1. The Morgan fingerprint density at radius 2 is 2.30 bits per heavy atom. The van der Waals surface area contributed by atoms with Gasteiger partial charge >= 0.3 is 0 Å². The maximum absolute atomic E-state index is 12.5. The van der Waals surface area contributed by atoms with E-state index in [2.05, 4.69) is 11.9 Å². The van der Waals surface area contributed by atoms with Crippen molar-refractivity contribution < 1.29 is 9.53 Å². The average molecular weight is 335 g/mol. The first-order valence-corrected chi connectivity index (χ1v) is 8.81. The van der Waals surface area contributed by atoms with Crippen molar-refractivity contribution in [2.45, 2.75) is 39.3 Å². The Bertz CT molecular complexity index is 768. The van der Waals surface area contributed by atoms with Gasteiger partial charge in [-0.15, -0.1) is 11.3 Å². The number of aromatic nitrogens is 2. The monoisotopic (exact) mass is 335 g/mol. The van der Waals surface area contributed by atoms with Crippen LogP contribution in [0.5, 0.6) is 0 Å². The molecule has 23 heavy (non-hydrogen) atoms. The molecule has 3 rings (SSSR count). The van der Waals surface area contributed by atoms with Gasteiger partial charge in [-0.25, -0.2) is 4.98 Å². The van der Waals surface area contributed by atoms with E-state index >= 15 is 0 Å². The standard InChI is InChI=1S/C16H21N3O3S/c1-3-11-8-18(5-6-22-11)14(20)9-19-10-17-15-13(16(19)21)7-12(4-2)23-15/h7,10-11H,3-6,8-9H2,1-2H3/t11-/m0/s1. The van der Waals surface area contributed by atoms with Crippen LogP contribution in [0.4, 0.5) is 0 Å². The van der Waals surface area contributed by atoms with Gasteiger partial charge in [0.15, 0.2) is 0 Å². The smallest absolute Gasteiger partial charge is 0.262 e. The number of thiophene rings is 1. The average Bonchev–Trinajstić information content (AvgIpc) is 3.01. The molecule has 0 N–H and O–H groups in total. The van der Waals surface area contributed by atoms with E-state index in [-0.39, 0.29) is 24.1 Å². The first-order chi connectivity index (χ1) is 11.1. The van der Waals surface area contributed by atoms with Crippen molar-refractivity contribution >= 4 is 27.5 Å². The van der Waals surface area contributed by atoms with E-state index in [9.17, 15) is 9.59 Å². The van der Waals surface area contributed by atoms with Crippen molar-refractivity contribution in [2.75, 3.05) is 19.7 Å². The molecule has 0 bridgehead atoms. The van der Waals surface area contributed by atoms with Crippen LogP contribution >= 0.6 is 11.3 Å².